The maximum absolute atomic E-state index is 5.89. The first kappa shape index (κ1) is 14.6. The van der Waals surface area contributed by atoms with E-state index in [4.69, 9.17) is 16.3 Å². The quantitative estimate of drug-likeness (QED) is 0.578. The van der Waals surface area contributed by atoms with Gasteiger partial charge in [0.25, 0.3) is 0 Å². The first-order valence-electron chi connectivity index (χ1n) is 6.97. The molecule has 1 aliphatic carbocycles. The highest BCUT2D eigenvalue weighted by Gasteiger charge is 2.29. The van der Waals surface area contributed by atoms with E-state index in [0.29, 0.717) is 12.0 Å². The molecule has 19 heavy (non-hydrogen) atoms. The molecule has 0 aliphatic heterocycles. The third kappa shape index (κ3) is 4.64. The van der Waals surface area contributed by atoms with Crippen molar-refractivity contribution in [1.82, 2.24) is 5.32 Å². The van der Waals surface area contributed by atoms with Crippen LogP contribution in [0.4, 0.5) is 0 Å². The van der Waals surface area contributed by atoms with Gasteiger partial charge in [0, 0.05) is 17.6 Å². The van der Waals surface area contributed by atoms with E-state index in [2.05, 4.69) is 24.0 Å². The molecule has 2 rings (SSSR count). The smallest absolute Gasteiger partial charge is 0.0591 e. The van der Waals surface area contributed by atoms with Crippen LogP contribution in [0.5, 0.6) is 0 Å². The normalized spacial score (nSPS) is 21.9. The summed E-state index contributed by atoms with van der Waals surface area (Å²) < 4.78 is 5.47. The predicted molar refractivity (Wildman–Crippen MR) is 80.9 cm³/mol. The molecule has 0 spiro atoms. The minimum absolute atomic E-state index is 0.642. The molecule has 2 nitrogen and oxygen atoms in total. The largest absolute Gasteiger partial charge is 0.380 e. The monoisotopic (exact) mass is 279 g/mol. The van der Waals surface area contributed by atoms with Crippen LogP contribution in [0, 0.1) is 0 Å². The molecule has 1 aliphatic rings. The molecule has 0 unspecified atom stereocenters. The van der Waals surface area contributed by atoms with Crippen LogP contribution in [0.3, 0.4) is 0 Å². The van der Waals surface area contributed by atoms with Crippen LogP contribution in [0.2, 0.25) is 5.02 Å². The van der Waals surface area contributed by atoms with Crippen LogP contribution in [0.15, 0.2) is 36.9 Å². The molecule has 0 radical (unpaired) electrons. The summed E-state index contributed by atoms with van der Waals surface area (Å²) in [5, 5.41) is 4.34. The van der Waals surface area contributed by atoms with E-state index in [1.165, 1.54) is 18.4 Å². The number of hydrogen-bond acceptors (Lipinski definition) is 2. The third-order valence-corrected chi connectivity index (χ3v) is 3.88. The number of hydrogen-bond donors (Lipinski definition) is 1. The highest BCUT2D eigenvalue weighted by atomic mass is 35.5. The zero-order valence-corrected chi connectivity index (χ0v) is 12.0. The van der Waals surface area contributed by atoms with Crippen LogP contribution in [-0.2, 0) is 4.74 Å². The van der Waals surface area contributed by atoms with Gasteiger partial charge in [-0.2, -0.15) is 0 Å². The molecule has 1 N–H and O–H groups in total. The lowest BCUT2D eigenvalue weighted by Crippen LogP contribution is -2.41. The van der Waals surface area contributed by atoms with Crippen molar-refractivity contribution in [1.29, 1.82) is 0 Å². The molecule has 0 atom stereocenters. The Morgan fingerprint density at radius 2 is 2.00 bits per heavy atom. The number of halogens is 1. The average Bonchev–Trinajstić information content (AvgIpc) is 2.37. The summed E-state index contributed by atoms with van der Waals surface area (Å²) in [6, 6.07) is 8.88. The van der Waals surface area contributed by atoms with Gasteiger partial charge in [-0.05, 0) is 42.9 Å². The van der Waals surface area contributed by atoms with Gasteiger partial charge in [-0.25, -0.2) is 0 Å². The van der Waals surface area contributed by atoms with Crippen molar-refractivity contribution in [3.05, 3.63) is 47.5 Å². The van der Waals surface area contributed by atoms with Crippen LogP contribution >= 0.6 is 11.6 Å². The van der Waals surface area contributed by atoms with Crippen LogP contribution < -0.4 is 5.32 Å². The van der Waals surface area contributed by atoms with E-state index < -0.39 is 0 Å². The Bertz CT molecular complexity index is 384. The Labute approximate surface area is 120 Å². The summed E-state index contributed by atoms with van der Waals surface area (Å²) in [6.45, 7) is 6.18. The van der Waals surface area contributed by atoms with Gasteiger partial charge < -0.3 is 10.1 Å². The van der Waals surface area contributed by atoms with Crippen molar-refractivity contribution in [2.24, 2.45) is 0 Å². The lowest BCUT2D eigenvalue weighted by Gasteiger charge is -2.36. The van der Waals surface area contributed by atoms with Crippen molar-refractivity contribution in [2.75, 3.05) is 19.8 Å². The van der Waals surface area contributed by atoms with E-state index in [1.54, 1.807) is 0 Å². The summed E-state index contributed by atoms with van der Waals surface area (Å²) in [5.41, 5.74) is 1.41. The first-order chi connectivity index (χ1) is 9.29. The minimum Gasteiger partial charge on any atom is -0.380 e. The summed E-state index contributed by atoms with van der Waals surface area (Å²) in [5.74, 6) is 0.691. The van der Waals surface area contributed by atoms with E-state index >= 15 is 0 Å². The molecule has 0 aromatic heterocycles. The molecule has 0 saturated heterocycles. The van der Waals surface area contributed by atoms with Gasteiger partial charge in [0.2, 0.25) is 0 Å². The van der Waals surface area contributed by atoms with Gasteiger partial charge in [0.05, 0.1) is 13.2 Å². The average molecular weight is 280 g/mol. The number of benzene rings is 1. The highest BCUT2D eigenvalue weighted by Crippen LogP contribution is 2.37. The molecule has 1 aromatic carbocycles. The molecule has 1 fully saturated rings. The van der Waals surface area contributed by atoms with Gasteiger partial charge in [-0.1, -0.05) is 29.8 Å². The maximum Gasteiger partial charge on any atom is 0.0591 e. The number of nitrogens with one attached hydrogen (secondary N) is 1. The molecule has 1 aromatic rings. The summed E-state index contributed by atoms with van der Waals surface area (Å²) in [6.07, 6.45) is 5.25. The molecule has 1 saturated carbocycles. The molecular weight excluding hydrogens is 258 g/mol. The van der Waals surface area contributed by atoms with Gasteiger partial charge in [-0.15, -0.1) is 6.58 Å². The number of rotatable bonds is 8. The SMILES string of the molecule is C=CCCOCCNC1CC(c2ccc(Cl)cc2)C1. The summed E-state index contributed by atoms with van der Waals surface area (Å²) >= 11 is 5.89. The lowest BCUT2D eigenvalue weighted by molar-refractivity contribution is 0.133. The van der Waals surface area contributed by atoms with Gasteiger partial charge in [-0.3, -0.25) is 0 Å². The standard InChI is InChI=1S/C16H22ClNO/c1-2-3-9-19-10-8-18-16-11-14(12-16)13-4-6-15(17)7-5-13/h2,4-7,14,16,18H,1,3,8-12H2. The van der Waals surface area contributed by atoms with Gasteiger partial charge in [0.15, 0.2) is 0 Å². The Hall–Kier alpha value is -0.830. The number of ether oxygens (including phenoxy) is 1. The second-order valence-electron chi connectivity index (χ2n) is 5.06. The molecule has 0 bridgehead atoms. The Kier molecular flexibility index (Phi) is 5.90. The zero-order valence-electron chi connectivity index (χ0n) is 11.3. The van der Waals surface area contributed by atoms with Gasteiger partial charge in [0.1, 0.15) is 0 Å². The third-order valence-electron chi connectivity index (χ3n) is 3.63. The van der Waals surface area contributed by atoms with Gasteiger partial charge >= 0.3 is 0 Å². The predicted octanol–water partition coefficient (Wildman–Crippen LogP) is 3.77. The summed E-state index contributed by atoms with van der Waals surface area (Å²) in [4.78, 5) is 0. The van der Waals surface area contributed by atoms with E-state index in [0.717, 1.165) is 31.2 Å². The minimum atomic E-state index is 0.642. The fourth-order valence-electron chi connectivity index (χ4n) is 2.40. The topological polar surface area (TPSA) is 21.3 Å². The maximum atomic E-state index is 5.89. The molecule has 3 heteroatoms. The fraction of sp³-hybridized carbons (Fsp3) is 0.500. The molecule has 0 amide bonds. The zero-order chi connectivity index (χ0) is 13.5. The fourth-order valence-corrected chi connectivity index (χ4v) is 2.52. The molecular formula is C16H22ClNO. The van der Waals surface area contributed by atoms with Crippen molar-refractivity contribution in [3.63, 3.8) is 0 Å². The molecule has 0 heterocycles. The van der Waals surface area contributed by atoms with Crippen molar-refractivity contribution >= 4 is 11.6 Å². The van der Waals surface area contributed by atoms with Crippen LogP contribution in [0.25, 0.3) is 0 Å². The first-order valence-corrected chi connectivity index (χ1v) is 7.35. The van der Waals surface area contributed by atoms with Crippen LogP contribution in [0.1, 0.15) is 30.7 Å². The summed E-state index contributed by atoms with van der Waals surface area (Å²) in [7, 11) is 0. The van der Waals surface area contributed by atoms with Crippen molar-refractivity contribution in [3.8, 4) is 0 Å². The Morgan fingerprint density at radius 3 is 2.68 bits per heavy atom. The second kappa shape index (κ2) is 7.68. The van der Waals surface area contributed by atoms with Crippen LogP contribution in [-0.4, -0.2) is 25.8 Å². The lowest BCUT2D eigenvalue weighted by atomic mass is 9.76. The van der Waals surface area contributed by atoms with Crippen molar-refractivity contribution < 1.29 is 4.74 Å². The Balaban J connectivity index is 1.56. The highest BCUT2D eigenvalue weighted by molar-refractivity contribution is 6.30. The van der Waals surface area contributed by atoms with E-state index in [1.807, 2.05) is 18.2 Å². The van der Waals surface area contributed by atoms with E-state index in [-0.39, 0.29) is 0 Å². The van der Waals surface area contributed by atoms with E-state index in [9.17, 15) is 0 Å². The molecule has 104 valence electrons. The second-order valence-corrected chi connectivity index (χ2v) is 5.50. The Morgan fingerprint density at radius 1 is 1.26 bits per heavy atom. The van der Waals surface area contributed by atoms with Crippen molar-refractivity contribution in [2.45, 2.75) is 31.2 Å².